The van der Waals surface area contributed by atoms with Crippen LogP contribution in [0.4, 0.5) is 0 Å². The first-order valence-electron chi connectivity index (χ1n) is 18.2. The molecule has 28 heteroatoms. The van der Waals surface area contributed by atoms with Crippen LogP contribution >= 0.6 is 148 Å². The molecule has 0 bridgehead atoms. The van der Waals surface area contributed by atoms with Gasteiger partial charge in [0.25, 0.3) is 5.97 Å². The van der Waals surface area contributed by atoms with Gasteiger partial charge in [-0.2, -0.15) is 10.2 Å². The number of aromatic nitrogens is 2. The number of aliphatic carboxylic acids is 2. The van der Waals surface area contributed by atoms with Crippen LogP contribution in [0.1, 0.15) is 122 Å². The maximum Gasteiger partial charge on any atom is 0.323 e. The van der Waals surface area contributed by atoms with E-state index in [0.29, 0.717) is 11.2 Å². The average Bonchev–Trinajstić information content (AvgIpc) is 3.60. The van der Waals surface area contributed by atoms with Gasteiger partial charge in [0.2, 0.25) is 11.8 Å². The van der Waals surface area contributed by atoms with E-state index >= 15 is 0 Å². The molecule has 1 heterocycles. The number of halogens is 7. The molecule has 0 aromatic carbocycles. The van der Waals surface area contributed by atoms with Crippen molar-refractivity contribution in [1.82, 2.24) is 31.4 Å². The Hall–Kier alpha value is 1.28. The number of hydrogen-bond donors (Lipinski definition) is 12. The summed E-state index contributed by atoms with van der Waals surface area (Å²) in [5.41, 5.74) is 13.3. The summed E-state index contributed by atoms with van der Waals surface area (Å²) in [6.07, 6.45) is 0. The van der Waals surface area contributed by atoms with Crippen molar-refractivity contribution in [2.45, 2.75) is 147 Å². The largest absolute Gasteiger partial charge is 0.481 e. The van der Waals surface area contributed by atoms with Crippen LogP contribution in [0.5, 0.6) is 0 Å². The van der Waals surface area contributed by atoms with Crippen molar-refractivity contribution in [1.29, 1.82) is 5.26 Å². The molecular weight excluding hydrogens is 1590 g/mol. The standard InChI is InChI=1S/C6H11N3O.C5H13N3O.C5H12N2O.C5H10N2.C5H11NO2.C2H3I3.C2H4I2.C2H5I.C2H4O2.C2H6.CH3.ClH.H3NO.V/c1-4-8-5(9-10-4)6(2,3)7;1-5(2,7-3)4(6)8-9;1-5(2,7-3)4(6)8;1-5(2,4-6)7-3;1-5(2,6-3)4(7)8;1-2(3,4)5;1-2(3)4;1-2-3;1-2(3)4;1-2;;;1-2;/h7H2,1-3H3;7,9H,1-3H3,(H2,6,8);7H,1-3H3,(H2,6,8);7H,1-3H3;6H,1-3H3,(H,7,8);1H3;2H,1H3;2H2,1H3;1H3,(H,3,4);1-2H3;1H3;1H;2H,1H2;/q;;;;;;;;;;-1;;;. The van der Waals surface area contributed by atoms with Crippen LogP contribution < -0.4 is 44.4 Å². The molecule has 0 fully saturated rings. The van der Waals surface area contributed by atoms with Gasteiger partial charge < -0.3 is 71.0 Å². The Morgan fingerprint density at radius 2 is 1.09 bits per heavy atom. The van der Waals surface area contributed by atoms with Crippen LogP contribution in [0.3, 0.4) is 0 Å². The third-order valence-corrected chi connectivity index (χ3v) is 5.78. The van der Waals surface area contributed by atoms with E-state index in [1.165, 1.54) is 4.43 Å². The third-order valence-electron chi connectivity index (χ3n) is 5.78. The summed E-state index contributed by atoms with van der Waals surface area (Å²) in [6.45, 7) is 30.9. The molecule has 0 spiro atoms. The van der Waals surface area contributed by atoms with Gasteiger partial charge in [-0.3, -0.25) is 14.4 Å². The number of alkyl halides is 6. The first-order chi connectivity index (χ1) is 27.5. The fourth-order valence-electron chi connectivity index (χ4n) is 1.10. The van der Waals surface area contributed by atoms with Gasteiger partial charge in [0.05, 0.1) is 24.6 Å². The molecule has 1 radical (unpaired) electrons. The van der Waals surface area contributed by atoms with Gasteiger partial charge in [-0.15, -0.1) is 12.4 Å². The van der Waals surface area contributed by atoms with Crippen molar-refractivity contribution in [2.24, 2.45) is 28.3 Å². The minimum Gasteiger partial charge on any atom is -0.481 e. The summed E-state index contributed by atoms with van der Waals surface area (Å²) in [4.78, 5) is 33.6. The minimum atomic E-state index is -0.833. The van der Waals surface area contributed by atoms with Gasteiger partial charge in [0, 0.05) is 32.4 Å². The molecule has 20 nitrogen and oxygen atoms in total. The Bertz CT molecular complexity index is 1250. The molecule has 1 rings (SSSR count). The smallest absolute Gasteiger partial charge is 0.323 e. The number of nitrogens with two attached hydrogens (primary N) is 4. The number of carboxylic acid groups (broad SMARTS) is 2. The van der Waals surface area contributed by atoms with Crippen molar-refractivity contribution in [2.75, 3.05) is 32.6 Å². The molecule has 1 aromatic heterocycles. The van der Waals surface area contributed by atoms with E-state index in [2.05, 4.69) is 205 Å². The van der Waals surface area contributed by atoms with Crippen molar-refractivity contribution < 1.29 is 58.1 Å². The number of hydrogen-bond acceptors (Lipinski definition) is 16. The SMILES string of the molecule is CC.CC(=O)O.CC(I)(I)I.CC(I)I.CCI.CNC(C)(C)/C(N)=N/O.CNC(C)(C)C#N.CNC(C)(C)C(=O)O.CNC(C)(C)C(N)=O.Cc1nc(C(C)(C)N)no1.Cl.NO.[CH3-].[V]. The number of nitrogens with zero attached hydrogens (tertiary/aromatic N) is 4. The molecule has 397 valence electrons. The molecule has 1 aromatic rings. The number of carbonyl (C=O) groups is 3. The Labute approximate surface area is 493 Å². The van der Waals surface area contributed by atoms with Crippen LogP contribution in [0.25, 0.3) is 0 Å². The van der Waals surface area contributed by atoms with Gasteiger partial charge in [0.15, 0.2) is 11.7 Å². The maximum absolute atomic E-state index is 10.4. The fourth-order valence-corrected chi connectivity index (χ4v) is 1.10. The van der Waals surface area contributed by atoms with E-state index < -0.39 is 34.1 Å². The zero-order valence-corrected chi connectivity index (χ0v) is 57.6. The molecule has 0 saturated heterocycles. The molecule has 0 aliphatic rings. The average molecular weight is 1670 g/mol. The summed E-state index contributed by atoms with van der Waals surface area (Å²) < 4.78 is 7.15. The van der Waals surface area contributed by atoms with Crippen LogP contribution in [0.15, 0.2) is 9.68 Å². The molecule has 0 aliphatic carbocycles. The van der Waals surface area contributed by atoms with Crippen molar-refractivity contribution >= 4 is 172 Å². The van der Waals surface area contributed by atoms with Crippen LogP contribution in [-0.4, -0.2) is 111 Å². The molecule has 0 aliphatic heterocycles. The Morgan fingerprint density at radius 3 is 1.14 bits per heavy atom. The molecule has 0 saturated carbocycles. The van der Waals surface area contributed by atoms with E-state index in [0.717, 1.165) is 8.86 Å². The summed E-state index contributed by atoms with van der Waals surface area (Å²) in [6, 6.07) is 2.08. The second-order valence-electron chi connectivity index (χ2n) is 13.7. The minimum absolute atomic E-state index is 0. The Morgan fingerprint density at radius 1 is 0.831 bits per heavy atom. The number of nitrogens with one attached hydrogen (secondary N) is 4. The van der Waals surface area contributed by atoms with E-state index in [4.69, 9.17) is 52.4 Å². The van der Waals surface area contributed by atoms with Crippen molar-refractivity contribution in [3.05, 3.63) is 19.1 Å². The summed E-state index contributed by atoms with van der Waals surface area (Å²) in [5, 5.41) is 56.5. The van der Waals surface area contributed by atoms with Gasteiger partial charge in [-0.25, -0.2) is 5.90 Å². The zero-order valence-electron chi connectivity index (χ0n) is 42.4. The normalized spacial score (nSPS) is 10.0. The first-order valence-corrected chi connectivity index (χ1v) is 25.4. The van der Waals surface area contributed by atoms with Gasteiger partial charge >= 0.3 is 5.97 Å². The summed E-state index contributed by atoms with van der Waals surface area (Å²) in [5.74, 6) is 2.78. The number of nitriles is 1. The van der Waals surface area contributed by atoms with E-state index in [-0.39, 0.29) is 55.7 Å². The predicted octanol–water partition coefficient (Wildman–Crippen LogP) is 8.28. The molecule has 1 amide bonds. The third kappa shape index (κ3) is 99.4. The number of aryl methyl sites for hydroxylation is 1. The predicted molar refractivity (Wildman–Crippen MR) is 321 cm³/mol. The number of amidine groups is 1. The Kier molecular flexibility index (Phi) is 88.6. The Balaban J connectivity index is -0.0000000427. The molecule has 0 atom stereocenters. The summed E-state index contributed by atoms with van der Waals surface area (Å²) >= 11 is 14.0. The topological polar surface area (TPSA) is 359 Å². The van der Waals surface area contributed by atoms with E-state index in [9.17, 15) is 9.59 Å². The maximum atomic E-state index is 10.4. The number of amides is 1. The van der Waals surface area contributed by atoms with Crippen molar-refractivity contribution in [3.63, 3.8) is 0 Å². The number of carboxylic acids is 2. The quantitative estimate of drug-likeness (QED) is 0.0221. The van der Waals surface area contributed by atoms with Gasteiger partial charge in [-0.05, 0) is 116 Å². The first kappa shape index (κ1) is 99.5. The monoisotopic (exact) mass is 1670 g/mol. The molecule has 16 N–H and O–H groups in total. The zero-order chi connectivity index (χ0) is 53.1. The summed E-state index contributed by atoms with van der Waals surface area (Å²) in [7, 11) is 6.83. The second kappa shape index (κ2) is 57.9. The molecular formula is C37H86ClI6N12O8V-. The van der Waals surface area contributed by atoms with Crippen LogP contribution in [0, 0.1) is 25.7 Å². The second-order valence-corrected chi connectivity index (χ2v) is 34.0. The van der Waals surface area contributed by atoms with E-state index in [1.807, 2.05) is 55.4 Å². The number of likely N-dealkylation sites (N-methyl/N-ethyl adjacent to an activating group) is 3. The fraction of sp³-hybridized carbons (Fsp3) is 0.784. The number of primary amides is 1. The number of rotatable bonds is 8. The van der Waals surface area contributed by atoms with E-state index in [1.54, 1.807) is 62.8 Å². The molecule has 0 unspecified atom stereocenters. The van der Waals surface area contributed by atoms with Crippen LogP contribution in [0.2, 0.25) is 0 Å². The number of oxime groups is 1. The van der Waals surface area contributed by atoms with Crippen molar-refractivity contribution in [3.8, 4) is 6.07 Å². The van der Waals surface area contributed by atoms with Crippen LogP contribution in [-0.2, 0) is 38.5 Å². The number of carbonyl (C=O) groups excluding carboxylic acids is 1. The molecule has 65 heavy (non-hydrogen) atoms. The van der Waals surface area contributed by atoms with Gasteiger partial charge in [0.1, 0.15) is 10.5 Å². The van der Waals surface area contributed by atoms with Gasteiger partial charge in [-0.1, -0.05) is 167 Å².